The number of imidazole rings is 1. The molecule has 2 amide bonds. The Kier molecular flexibility index (Phi) is 6.95. The molecular formula is C24H24N4O7. The topological polar surface area (TPSA) is 131 Å². The van der Waals surface area contributed by atoms with E-state index in [1.54, 1.807) is 28.9 Å². The number of esters is 1. The second-order valence-corrected chi connectivity index (χ2v) is 7.95. The molecule has 1 N–H and O–H groups in total. The Labute approximate surface area is 200 Å². The van der Waals surface area contributed by atoms with Crippen molar-refractivity contribution in [2.24, 2.45) is 0 Å². The van der Waals surface area contributed by atoms with E-state index in [1.165, 1.54) is 16.9 Å². The number of benzene rings is 1. The third-order valence-corrected chi connectivity index (χ3v) is 5.70. The predicted octanol–water partition coefficient (Wildman–Crippen LogP) is 2.34. The van der Waals surface area contributed by atoms with Gasteiger partial charge in [-0.1, -0.05) is 30.3 Å². The second-order valence-electron chi connectivity index (χ2n) is 7.95. The Morgan fingerprint density at radius 2 is 1.86 bits per heavy atom. The molecule has 0 bridgehead atoms. The molecule has 0 radical (unpaired) electrons. The molecule has 0 spiro atoms. The Balaban J connectivity index is 1.54. The monoisotopic (exact) mass is 480 g/mol. The summed E-state index contributed by atoms with van der Waals surface area (Å²) in [6.07, 6.45) is 2.10. The molecule has 3 heterocycles. The van der Waals surface area contributed by atoms with E-state index in [0.717, 1.165) is 5.56 Å². The Morgan fingerprint density at radius 3 is 2.57 bits per heavy atom. The van der Waals surface area contributed by atoms with Gasteiger partial charge in [0, 0.05) is 25.7 Å². The van der Waals surface area contributed by atoms with Gasteiger partial charge in [-0.3, -0.25) is 19.4 Å². The third kappa shape index (κ3) is 5.24. The number of carboxylic acid groups (broad SMARTS) is 1. The quantitative estimate of drug-likeness (QED) is 0.510. The standard InChI is InChI=1S/C24H24N4O7/c1-34-23(32)17-7-9-19-25-20(14-26(19)13-17)28-12-11-27(18(22(28)31)8-10-21(29)30)24(33)35-15-16-5-3-2-4-6-16/h2-7,9,13-14,18H,8,10-12,15H2,1H3,(H,29,30). The van der Waals surface area contributed by atoms with Gasteiger partial charge in [-0.15, -0.1) is 0 Å². The van der Waals surface area contributed by atoms with Gasteiger partial charge >= 0.3 is 18.0 Å². The van der Waals surface area contributed by atoms with Crippen LogP contribution in [0.15, 0.2) is 54.9 Å². The highest BCUT2D eigenvalue weighted by Crippen LogP contribution is 2.24. The van der Waals surface area contributed by atoms with Gasteiger partial charge in [-0.2, -0.15) is 0 Å². The molecule has 2 aromatic heterocycles. The molecule has 1 fully saturated rings. The van der Waals surface area contributed by atoms with Crippen molar-refractivity contribution in [2.75, 3.05) is 25.1 Å². The molecule has 1 unspecified atom stereocenters. The van der Waals surface area contributed by atoms with Crippen molar-refractivity contribution < 1.29 is 33.8 Å². The third-order valence-electron chi connectivity index (χ3n) is 5.70. The predicted molar refractivity (Wildman–Crippen MR) is 123 cm³/mol. The zero-order valence-electron chi connectivity index (χ0n) is 19.0. The minimum absolute atomic E-state index is 0.0364. The summed E-state index contributed by atoms with van der Waals surface area (Å²) in [4.78, 5) is 56.4. The number of methoxy groups -OCH3 is 1. The van der Waals surface area contributed by atoms with E-state index in [2.05, 4.69) is 4.98 Å². The first-order valence-corrected chi connectivity index (χ1v) is 10.9. The summed E-state index contributed by atoms with van der Waals surface area (Å²) in [5.74, 6) is -1.70. The Bertz CT molecular complexity index is 1260. The summed E-state index contributed by atoms with van der Waals surface area (Å²) in [6.45, 7) is 0.330. The summed E-state index contributed by atoms with van der Waals surface area (Å²) < 4.78 is 11.7. The van der Waals surface area contributed by atoms with E-state index < -0.39 is 30.0 Å². The summed E-state index contributed by atoms with van der Waals surface area (Å²) >= 11 is 0. The molecule has 35 heavy (non-hydrogen) atoms. The average molecular weight is 480 g/mol. The summed E-state index contributed by atoms with van der Waals surface area (Å²) in [5.41, 5.74) is 1.62. The van der Waals surface area contributed by atoms with Gasteiger partial charge in [0.05, 0.1) is 18.9 Å². The van der Waals surface area contributed by atoms with Gasteiger partial charge in [0.15, 0.2) is 5.82 Å². The van der Waals surface area contributed by atoms with Crippen molar-refractivity contribution in [1.82, 2.24) is 14.3 Å². The van der Waals surface area contributed by atoms with E-state index in [-0.39, 0.29) is 32.5 Å². The fraction of sp³-hybridized carbons (Fsp3) is 0.292. The maximum absolute atomic E-state index is 13.4. The van der Waals surface area contributed by atoms with Gasteiger partial charge in [0.1, 0.15) is 18.3 Å². The zero-order chi connectivity index (χ0) is 24.9. The van der Waals surface area contributed by atoms with Crippen LogP contribution >= 0.6 is 0 Å². The second kappa shape index (κ2) is 10.2. The van der Waals surface area contributed by atoms with Crippen molar-refractivity contribution in [3.63, 3.8) is 0 Å². The Hall–Kier alpha value is -4.41. The van der Waals surface area contributed by atoms with Crippen LogP contribution in [0, 0.1) is 0 Å². The minimum atomic E-state index is -1.07. The zero-order valence-corrected chi connectivity index (χ0v) is 19.0. The number of aliphatic carboxylic acids is 1. The largest absolute Gasteiger partial charge is 0.481 e. The molecule has 182 valence electrons. The maximum atomic E-state index is 13.4. The lowest BCUT2D eigenvalue weighted by molar-refractivity contribution is -0.137. The van der Waals surface area contributed by atoms with Gasteiger partial charge < -0.3 is 19.0 Å². The summed E-state index contributed by atoms with van der Waals surface area (Å²) in [5, 5.41) is 9.16. The number of hydrogen-bond acceptors (Lipinski definition) is 7. The number of fused-ring (bicyclic) bond motifs is 1. The normalized spacial score (nSPS) is 15.8. The number of carbonyl (C=O) groups excluding carboxylic acids is 3. The highest BCUT2D eigenvalue weighted by atomic mass is 16.6. The number of carbonyl (C=O) groups is 4. The highest BCUT2D eigenvalue weighted by molar-refractivity contribution is 5.99. The van der Waals surface area contributed by atoms with Crippen molar-refractivity contribution in [3.05, 3.63) is 66.0 Å². The number of nitrogens with zero attached hydrogens (tertiary/aromatic N) is 4. The van der Waals surface area contributed by atoms with Crippen molar-refractivity contribution in [1.29, 1.82) is 0 Å². The Morgan fingerprint density at radius 1 is 1.09 bits per heavy atom. The smallest absolute Gasteiger partial charge is 0.410 e. The van der Waals surface area contributed by atoms with E-state index in [9.17, 15) is 19.2 Å². The average Bonchev–Trinajstić information content (AvgIpc) is 3.29. The van der Waals surface area contributed by atoms with Crippen molar-refractivity contribution >= 4 is 35.4 Å². The number of carboxylic acids is 1. The lowest BCUT2D eigenvalue weighted by Gasteiger charge is -2.39. The van der Waals surface area contributed by atoms with Crippen molar-refractivity contribution in [2.45, 2.75) is 25.5 Å². The number of anilines is 1. The molecule has 1 atom stereocenters. The van der Waals surface area contributed by atoms with Crippen LogP contribution in [-0.4, -0.2) is 69.6 Å². The van der Waals surface area contributed by atoms with Crippen LogP contribution in [-0.2, 0) is 25.7 Å². The van der Waals surface area contributed by atoms with E-state index >= 15 is 0 Å². The number of aromatic nitrogens is 2. The van der Waals surface area contributed by atoms with Crippen LogP contribution in [0.2, 0.25) is 0 Å². The molecule has 1 aliphatic rings. The summed E-state index contributed by atoms with van der Waals surface area (Å²) in [6, 6.07) is 11.3. The summed E-state index contributed by atoms with van der Waals surface area (Å²) in [7, 11) is 1.28. The molecular weight excluding hydrogens is 456 g/mol. The van der Waals surface area contributed by atoms with Gasteiger partial charge in [-0.25, -0.2) is 14.6 Å². The van der Waals surface area contributed by atoms with Crippen LogP contribution in [0.4, 0.5) is 10.6 Å². The van der Waals surface area contributed by atoms with E-state index in [0.29, 0.717) is 17.0 Å². The minimum Gasteiger partial charge on any atom is -0.481 e. The molecule has 4 rings (SSSR count). The van der Waals surface area contributed by atoms with E-state index in [1.807, 2.05) is 30.3 Å². The fourth-order valence-electron chi connectivity index (χ4n) is 3.92. The number of amides is 2. The number of ether oxygens (including phenoxy) is 2. The number of pyridine rings is 1. The molecule has 1 aliphatic heterocycles. The molecule has 0 aliphatic carbocycles. The van der Waals surface area contributed by atoms with Crippen LogP contribution in [0.3, 0.4) is 0 Å². The van der Waals surface area contributed by atoms with Gasteiger partial charge in [0.25, 0.3) is 5.91 Å². The SMILES string of the molecule is COC(=O)c1ccc2nc(N3CCN(C(=O)OCc4ccccc4)C(CCC(=O)O)C3=O)cn2c1. The van der Waals surface area contributed by atoms with Crippen molar-refractivity contribution in [3.8, 4) is 0 Å². The first-order chi connectivity index (χ1) is 16.9. The van der Waals surface area contributed by atoms with Crippen LogP contribution in [0.25, 0.3) is 5.65 Å². The van der Waals surface area contributed by atoms with Gasteiger partial charge in [0.2, 0.25) is 0 Å². The van der Waals surface area contributed by atoms with E-state index in [4.69, 9.17) is 14.6 Å². The molecule has 1 saturated heterocycles. The molecule has 1 aromatic carbocycles. The lowest BCUT2D eigenvalue weighted by Crippen LogP contribution is -2.59. The molecule has 0 saturated carbocycles. The molecule has 11 nitrogen and oxygen atoms in total. The first-order valence-electron chi connectivity index (χ1n) is 10.9. The first kappa shape index (κ1) is 23.7. The fourth-order valence-corrected chi connectivity index (χ4v) is 3.92. The van der Waals surface area contributed by atoms with Crippen LogP contribution < -0.4 is 4.90 Å². The van der Waals surface area contributed by atoms with Crippen LogP contribution in [0.5, 0.6) is 0 Å². The number of hydrogen-bond donors (Lipinski definition) is 1. The number of piperazine rings is 1. The number of rotatable bonds is 7. The van der Waals surface area contributed by atoms with Crippen LogP contribution in [0.1, 0.15) is 28.8 Å². The molecule has 11 heteroatoms. The lowest BCUT2D eigenvalue weighted by atomic mass is 10.1. The highest BCUT2D eigenvalue weighted by Gasteiger charge is 2.39. The molecule has 3 aromatic rings. The maximum Gasteiger partial charge on any atom is 0.410 e. The van der Waals surface area contributed by atoms with Gasteiger partial charge in [-0.05, 0) is 24.1 Å².